The zero-order valence-corrected chi connectivity index (χ0v) is 9.26. The van der Waals surface area contributed by atoms with Gasteiger partial charge in [0.1, 0.15) is 5.75 Å². The van der Waals surface area contributed by atoms with Gasteiger partial charge in [-0.25, -0.2) is 0 Å². The van der Waals surface area contributed by atoms with E-state index in [2.05, 4.69) is 5.92 Å². The minimum absolute atomic E-state index is 0.652. The number of benzene rings is 1. The normalized spacial score (nSPS) is 15.5. The van der Waals surface area contributed by atoms with Gasteiger partial charge < -0.3 is 4.74 Å². The number of rotatable bonds is 3. The van der Waals surface area contributed by atoms with Gasteiger partial charge in [-0.15, -0.1) is 6.42 Å². The summed E-state index contributed by atoms with van der Waals surface area (Å²) in [7, 11) is 0. The van der Waals surface area contributed by atoms with Gasteiger partial charge in [0.2, 0.25) is 0 Å². The number of hydrogen-bond acceptors (Lipinski definition) is 1. The van der Waals surface area contributed by atoms with Gasteiger partial charge in [-0.2, -0.15) is 0 Å². The highest BCUT2D eigenvalue weighted by molar-refractivity contribution is 6.30. The fourth-order valence-electron chi connectivity index (χ4n) is 1.61. The van der Waals surface area contributed by atoms with Gasteiger partial charge in [0.25, 0.3) is 0 Å². The predicted octanol–water partition coefficient (Wildman–Crippen LogP) is 3.50. The van der Waals surface area contributed by atoms with Crippen molar-refractivity contribution in [3.63, 3.8) is 0 Å². The molecule has 1 nitrogen and oxygen atoms in total. The molecule has 0 heterocycles. The third-order valence-corrected chi connectivity index (χ3v) is 3.03. The zero-order valence-electron chi connectivity index (χ0n) is 8.50. The lowest BCUT2D eigenvalue weighted by Gasteiger charge is -2.25. The summed E-state index contributed by atoms with van der Waals surface area (Å²) in [4.78, 5) is 0. The quantitative estimate of drug-likeness (QED) is 0.709. The van der Waals surface area contributed by atoms with Crippen molar-refractivity contribution in [1.82, 2.24) is 0 Å². The van der Waals surface area contributed by atoms with Gasteiger partial charge in [0, 0.05) is 5.02 Å². The second-order valence-corrected chi connectivity index (χ2v) is 4.33. The highest BCUT2D eigenvalue weighted by atomic mass is 35.5. The number of ether oxygens (including phenoxy) is 1. The molecule has 0 aliphatic heterocycles. The topological polar surface area (TPSA) is 9.23 Å². The van der Waals surface area contributed by atoms with Gasteiger partial charge in [-0.3, -0.25) is 0 Å². The first kappa shape index (κ1) is 10.4. The first-order chi connectivity index (χ1) is 7.29. The second kappa shape index (κ2) is 4.59. The Hall–Kier alpha value is -1.13. The van der Waals surface area contributed by atoms with Crippen LogP contribution in [-0.4, -0.2) is 6.61 Å². The molecule has 78 valence electrons. The van der Waals surface area contributed by atoms with Crippen LogP contribution >= 0.6 is 11.6 Å². The van der Waals surface area contributed by atoms with Gasteiger partial charge in [-0.1, -0.05) is 23.9 Å². The van der Waals surface area contributed by atoms with Crippen molar-refractivity contribution in [2.24, 2.45) is 5.92 Å². The van der Waals surface area contributed by atoms with Crippen LogP contribution in [0.15, 0.2) is 18.2 Å². The molecule has 0 saturated heterocycles. The Kier molecular flexibility index (Phi) is 3.18. The van der Waals surface area contributed by atoms with Gasteiger partial charge in [0.05, 0.1) is 12.2 Å². The molecule has 1 aromatic rings. The van der Waals surface area contributed by atoms with Crippen LogP contribution in [-0.2, 0) is 0 Å². The third-order valence-electron chi connectivity index (χ3n) is 2.80. The summed E-state index contributed by atoms with van der Waals surface area (Å²) < 4.78 is 5.69. The Morgan fingerprint density at radius 2 is 2.27 bits per heavy atom. The van der Waals surface area contributed by atoms with Crippen LogP contribution in [0.3, 0.4) is 0 Å². The van der Waals surface area contributed by atoms with Gasteiger partial charge in [0.15, 0.2) is 0 Å². The summed E-state index contributed by atoms with van der Waals surface area (Å²) in [5.41, 5.74) is 0.738. The molecule has 1 aliphatic rings. The first-order valence-corrected chi connectivity index (χ1v) is 5.56. The van der Waals surface area contributed by atoms with Crippen molar-refractivity contribution < 1.29 is 4.74 Å². The van der Waals surface area contributed by atoms with E-state index in [9.17, 15) is 0 Å². The molecule has 2 rings (SSSR count). The summed E-state index contributed by atoms with van der Waals surface area (Å²) in [6, 6.07) is 5.41. The maximum Gasteiger partial charge on any atom is 0.135 e. The average Bonchev–Trinajstić information content (AvgIpc) is 2.17. The van der Waals surface area contributed by atoms with Gasteiger partial charge >= 0.3 is 0 Å². The first-order valence-electron chi connectivity index (χ1n) is 5.18. The standard InChI is InChI=1S/C13H13ClO/c1-2-11-8-12(14)6-7-13(11)15-9-10-4-3-5-10/h1,6-8,10H,3-5,9H2. The van der Waals surface area contributed by atoms with E-state index in [1.807, 2.05) is 6.07 Å². The fraction of sp³-hybridized carbons (Fsp3) is 0.385. The molecule has 1 saturated carbocycles. The van der Waals surface area contributed by atoms with Crippen LogP contribution < -0.4 is 4.74 Å². The largest absolute Gasteiger partial charge is 0.492 e. The fourth-order valence-corrected chi connectivity index (χ4v) is 1.78. The zero-order chi connectivity index (χ0) is 10.7. The minimum atomic E-state index is 0.652. The molecular weight excluding hydrogens is 208 g/mol. The molecule has 0 unspecified atom stereocenters. The van der Waals surface area contributed by atoms with Crippen LogP contribution in [0.25, 0.3) is 0 Å². The molecule has 0 aromatic heterocycles. The summed E-state index contributed by atoms with van der Waals surface area (Å²) >= 11 is 5.85. The number of terminal acetylenes is 1. The lowest BCUT2D eigenvalue weighted by atomic mass is 9.86. The molecule has 2 heteroatoms. The number of hydrogen-bond donors (Lipinski definition) is 0. The molecule has 0 atom stereocenters. The van der Waals surface area contributed by atoms with Crippen molar-refractivity contribution in [3.05, 3.63) is 28.8 Å². The Labute approximate surface area is 95.4 Å². The Balaban J connectivity index is 2.03. The molecule has 0 spiro atoms. The van der Waals surface area contributed by atoms with Crippen LogP contribution in [0, 0.1) is 18.3 Å². The van der Waals surface area contributed by atoms with Gasteiger partial charge in [-0.05, 0) is 37.0 Å². The van der Waals surface area contributed by atoms with E-state index in [-0.39, 0.29) is 0 Å². The molecule has 0 N–H and O–H groups in total. The second-order valence-electron chi connectivity index (χ2n) is 3.89. The van der Waals surface area contributed by atoms with E-state index in [4.69, 9.17) is 22.8 Å². The van der Waals surface area contributed by atoms with Crippen LogP contribution in [0.2, 0.25) is 5.02 Å². The van der Waals surface area contributed by atoms with Crippen LogP contribution in [0.4, 0.5) is 0 Å². The van der Waals surface area contributed by atoms with E-state index in [0.717, 1.165) is 17.9 Å². The average molecular weight is 221 g/mol. The van der Waals surface area contributed by atoms with Crippen molar-refractivity contribution in [2.45, 2.75) is 19.3 Å². The van der Waals surface area contributed by atoms with Crippen LogP contribution in [0.5, 0.6) is 5.75 Å². The molecular formula is C13H13ClO. The molecule has 15 heavy (non-hydrogen) atoms. The summed E-state index contributed by atoms with van der Waals surface area (Å²) in [6.07, 6.45) is 9.27. The molecule has 1 aromatic carbocycles. The highest BCUT2D eigenvalue weighted by Crippen LogP contribution is 2.28. The molecule has 1 fully saturated rings. The maximum atomic E-state index is 5.85. The molecule has 0 amide bonds. The predicted molar refractivity (Wildman–Crippen MR) is 62.2 cm³/mol. The van der Waals surface area contributed by atoms with Crippen molar-refractivity contribution in [3.8, 4) is 18.1 Å². The van der Waals surface area contributed by atoms with E-state index in [1.54, 1.807) is 12.1 Å². The van der Waals surface area contributed by atoms with Crippen molar-refractivity contribution in [2.75, 3.05) is 6.61 Å². The van der Waals surface area contributed by atoms with Crippen LogP contribution in [0.1, 0.15) is 24.8 Å². The van der Waals surface area contributed by atoms with E-state index in [1.165, 1.54) is 19.3 Å². The summed E-state index contributed by atoms with van der Waals surface area (Å²) in [6.45, 7) is 0.774. The maximum absolute atomic E-state index is 5.85. The van der Waals surface area contributed by atoms with E-state index in [0.29, 0.717) is 10.9 Å². The Morgan fingerprint density at radius 3 is 2.87 bits per heavy atom. The Morgan fingerprint density at radius 1 is 1.47 bits per heavy atom. The van der Waals surface area contributed by atoms with Crippen molar-refractivity contribution in [1.29, 1.82) is 0 Å². The SMILES string of the molecule is C#Cc1cc(Cl)ccc1OCC1CCC1. The Bertz CT molecular complexity index is 388. The monoisotopic (exact) mass is 220 g/mol. The third kappa shape index (κ3) is 2.46. The molecule has 0 bridgehead atoms. The smallest absolute Gasteiger partial charge is 0.135 e. The minimum Gasteiger partial charge on any atom is -0.492 e. The van der Waals surface area contributed by atoms with E-state index < -0.39 is 0 Å². The molecule has 1 aliphatic carbocycles. The lowest BCUT2D eigenvalue weighted by Crippen LogP contribution is -2.19. The lowest BCUT2D eigenvalue weighted by molar-refractivity contribution is 0.180. The molecule has 0 radical (unpaired) electrons. The van der Waals surface area contributed by atoms with E-state index >= 15 is 0 Å². The summed E-state index contributed by atoms with van der Waals surface area (Å²) in [5.74, 6) is 4.07. The number of halogens is 1. The summed E-state index contributed by atoms with van der Waals surface area (Å²) in [5, 5.41) is 0.652. The highest BCUT2D eigenvalue weighted by Gasteiger charge is 2.18. The van der Waals surface area contributed by atoms with Crippen molar-refractivity contribution >= 4 is 11.6 Å².